The van der Waals surface area contributed by atoms with Crippen LogP contribution in [0.4, 0.5) is 0 Å². The van der Waals surface area contributed by atoms with Crippen molar-refractivity contribution in [3.8, 4) is 5.75 Å². The van der Waals surface area contributed by atoms with Gasteiger partial charge in [-0.2, -0.15) is 0 Å². The van der Waals surface area contributed by atoms with E-state index in [1.165, 1.54) is 19.2 Å². The number of benzene rings is 1. The molecule has 0 fully saturated rings. The van der Waals surface area contributed by atoms with E-state index in [-0.39, 0.29) is 16.9 Å². The van der Waals surface area contributed by atoms with Crippen molar-refractivity contribution in [2.45, 2.75) is 0 Å². The Morgan fingerprint density at radius 2 is 2.00 bits per heavy atom. The van der Waals surface area contributed by atoms with Crippen molar-refractivity contribution in [3.63, 3.8) is 0 Å². The van der Waals surface area contributed by atoms with Crippen LogP contribution in [0.15, 0.2) is 18.2 Å². The van der Waals surface area contributed by atoms with Gasteiger partial charge < -0.3 is 16.2 Å². The van der Waals surface area contributed by atoms with Crippen molar-refractivity contribution in [3.05, 3.63) is 29.3 Å². The van der Waals surface area contributed by atoms with Gasteiger partial charge in [-0.25, -0.2) is 0 Å². The van der Waals surface area contributed by atoms with E-state index in [1.807, 2.05) is 0 Å². The van der Waals surface area contributed by atoms with Crippen molar-refractivity contribution in [2.24, 2.45) is 5.73 Å². The lowest BCUT2D eigenvalue weighted by atomic mass is 10.1. The number of aromatic hydroxyl groups is 1. The molecule has 0 radical (unpaired) electrons. The predicted octanol–water partition coefficient (Wildman–Crippen LogP) is -0.149. The molecule has 1 aromatic carbocycles. The molecule has 1 aromatic rings. The van der Waals surface area contributed by atoms with Gasteiger partial charge in [-0.15, -0.1) is 0 Å². The maximum absolute atomic E-state index is 11.2. The molecule has 0 aliphatic rings. The number of rotatable bonds is 2. The Morgan fingerprint density at radius 3 is 2.50 bits per heavy atom. The van der Waals surface area contributed by atoms with Gasteiger partial charge in [0.2, 0.25) is 5.91 Å². The van der Waals surface area contributed by atoms with Gasteiger partial charge in [-0.05, 0) is 18.2 Å². The molecular weight excluding hydrogens is 184 g/mol. The Hall–Kier alpha value is -2.04. The number of hydrogen-bond acceptors (Lipinski definition) is 3. The van der Waals surface area contributed by atoms with E-state index in [0.29, 0.717) is 0 Å². The zero-order valence-electron chi connectivity index (χ0n) is 7.57. The second-order valence-electron chi connectivity index (χ2n) is 2.67. The molecule has 0 atom stereocenters. The zero-order chi connectivity index (χ0) is 10.7. The summed E-state index contributed by atoms with van der Waals surface area (Å²) < 4.78 is 0. The summed E-state index contributed by atoms with van der Waals surface area (Å²) in [4.78, 5) is 22.2. The van der Waals surface area contributed by atoms with Crippen molar-refractivity contribution < 1.29 is 14.7 Å². The molecule has 4 N–H and O–H groups in total. The Labute approximate surface area is 80.5 Å². The highest BCUT2D eigenvalue weighted by molar-refractivity contribution is 6.06. The summed E-state index contributed by atoms with van der Waals surface area (Å²) in [6.45, 7) is 0. The van der Waals surface area contributed by atoms with Crippen LogP contribution in [0.3, 0.4) is 0 Å². The molecule has 0 spiro atoms. The number of phenols is 1. The van der Waals surface area contributed by atoms with Gasteiger partial charge in [0.25, 0.3) is 5.91 Å². The third kappa shape index (κ3) is 1.82. The molecule has 0 saturated carbocycles. The first kappa shape index (κ1) is 10.0. The van der Waals surface area contributed by atoms with Crippen LogP contribution in [-0.4, -0.2) is 24.0 Å². The summed E-state index contributed by atoms with van der Waals surface area (Å²) in [5, 5.41) is 11.5. The molecule has 0 saturated heterocycles. The van der Waals surface area contributed by atoms with Gasteiger partial charge in [0, 0.05) is 7.05 Å². The van der Waals surface area contributed by atoms with Crippen molar-refractivity contribution in [1.82, 2.24) is 5.32 Å². The zero-order valence-corrected chi connectivity index (χ0v) is 7.57. The first-order valence-electron chi connectivity index (χ1n) is 3.91. The fourth-order valence-corrected chi connectivity index (χ4v) is 1.07. The quantitative estimate of drug-likeness (QED) is 0.611. The molecule has 14 heavy (non-hydrogen) atoms. The minimum Gasteiger partial charge on any atom is -0.508 e. The number of phenolic OH excluding ortho intramolecular Hbond substituents is 1. The summed E-state index contributed by atoms with van der Waals surface area (Å²) in [5.41, 5.74) is 5.20. The van der Waals surface area contributed by atoms with Gasteiger partial charge in [0.05, 0.1) is 11.1 Å². The number of primary amides is 1. The number of nitrogens with one attached hydrogen (secondary N) is 1. The SMILES string of the molecule is CNC(=O)c1ccc(O)cc1C(N)=O. The molecular formula is C9H10N2O3. The van der Waals surface area contributed by atoms with Crippen molar-refractivity contribution in [1.29, 1.82) is 0 Å². The molecule has 5 heteroatoms. The summed E-state index contributed by atoms with van der Waals surface area (Å²) in [5.74, 6) is -1.27. The van der Waals surface area contributed by atoms with E-state index in [2.05, 4.69) is 5.32 Å². The Balaban J connectivity index is 3.28. The van der Waals surface area contributed by atoms with E-state index in [4.69, 9.17) is 10.8 Å². The minimum atomic E-state index is -0.750. The number of hydrogen-bond donors (Lipinski definition) is 3. The van der Waals surface area contributed by atoms with E-state index in [0.717, 1.165) is 6.07 Å². The minimum absolute atomic E-state index is 0.00403. The van der Waals surface area contributed by atoms with E-state index in [9.17, 15) is 9.59 Å². The third-order valence-electron chi connectivity index (χ3n) is 1.74. The average molecular weight is 194 g/mol. The third-order valence-corrected chi connectivity index (χ3v) is 1.74. The largest absolute Gasteiger partial charge is 0.508 e. The molecule has 0 aliphatic heterocycles. The summed E-state index contributed by atoms with van der Waals surface area (Å²) in [6.07, 6.45) is 0. The maximum Gasteiger partial charge on any atom is 0.251 e. The van der Waals surface area contributed by atoms with E-state index in [1.54, 1.807) is 0 Å². The van der Waals surface area contributed by atoms with Crippen LogP contribution in [-0.2, 0) is 0 Å². The number of carbonyl (C=O) groups is 2. The van der Waals surface area contributed by atoms with Gasteiger partial charge in [0.1, 0.15) is 5.75 Å². The van der Waals surface area contributed by atoms with Crippen LogP contribution >= 0.6 is 0 Å². The molecule has 1 rings (SSSR count). The Bertz CT molecular complexity index is 388. The fourth-order valence-electron chi connectivity index (χ4n) is 1.07. The molecule has 0 aliphatic carbocycles. The fraction of sp³-hybridized carbons (Fsp3) is 0.111. The van der Waals surface area contributed by atoms with Gasteiger partial charge in [-0.1, -0.05) is 0 Å². The molecule has 0 unspecified atom stereocenters. The van der Waals surface area contributed by atoms with Crippen LogP contribution in [0.2, 0.25) is 0 Å². The highest BCUT2D eigenvalue weighted by atomic mass is 16.3. The summed E-state index contributed by atoms with van der Waals surface area (Å²) in [6, 6.07) is 3.82. The standard InChI is InChI=1S/C9H10N2O3/c1-11-9(14)6-3-2-5(12)4-7(6)8(10)13/h2-4,12H,1H3,(H2,10,13)(H,11,14). The first-order chi connectivity index (χ1) is 6.56. The summed E-state index contributed by atoms with van der Waals surface area (Å²) in [7, 11) is 1.44. The van der Waals surface area contributed by atoms with E-state index >= 15 is 0 Å². The van der Waals surface area contributed by atoms with Crippen LogP contribution in [0.1, 0.15) is 20.7 Å². The molecule has 5 nitrogen and oxygen atoms in total. The van der Waals surface area contributed by atoms with Gasteiger partial charge in [-0.3, -0.25) is 9.59 Å². The molecule has 0 bridgehead atoms. The smallest absolute Gasteiger partial charge is 0.251 e. The second kappa shape index (κ2) is 3.78. The van der Waals surface area contributed by atoms with Crippen molar-refractivity contribution in [2.75, 3.05) is 7.05 Å². The average Bonchev–Trinajstić information content (AvgIpc) is 2.16. The lowest BCUT2D eigenvalue weighted by Crippen LogP contribution is -2.23. The topological polar surface area (TPSA) is 92.4 Å². The first-order valence-corrected chi connectivity index (χ1v) is 3.91. The number of amides is 2. The molecule has 0 heterocycles. The number of nitrogens with two attached hydrogens (primary N) is 1. The summed E-state index contributed by atoms with van der Waals surface area (Å²) >= 11 is 0. The molecule has 2 amide bonds. The van der Waals surface area contributed by atoms with Crippen LogP contribution in [0.25, 0.3) is 0 Å². The van der Waals surface area contributed by atoms with Crippen LogP contribution in [0, 0.1) is 0 Å². The highest BCUT2D eigenvalue weighted by Crippen LogP contribution is 2.15. The van der Waals surface area contributed by atoms with Crippen LogP contribution in [0.5, 0.6) is 5.75 Å². The van der Waals surface area contributed by atoms with Gasteiger partial charge >= 0.3 is 0 Å². The highest BCUT2D eigenvalue weighted by Gasteiger charge is 2.14. The lowest BCUT2D eigenvalue weighted by Gasteiger charge is -2.05. The predicted molar refractivity (Wildman–Crippen MR) is 50.0 cm³/mol. The number of carbonyl (C=O) groups excluding carboxylic acids is 2. The van der Waals surface area contributed by atoms with Gasteiger partial charge in [0.15, 0.2) is 0 Å². The molecule has 74 valence electrons. The molecule has 0 aromatic heterocycles. The second-order valence-corrected chi connectivity index (χ2v) is 2.67. The maximum atomic E-state index is 11.2. The normalized spacial score (nSPS) is 9.50. The van der Waals surface area contributed by atoms with Crippen molar-refractivity contribution >= 4 is 11.8 Å². The monoisotopic (exact) mass is 194 g/mol. The van der Waals surface area contributed by atoms with E-state index < -0.39 is 11.8 Å². The van der Waals surface area contributed by atoms with Crippen LogP contribution < -0.4 is 11.1 Å². The Morgan fingerprint density at radius 1 is 1.36 bits per heavy atom. The lowest BCUT2D eigenvalue weighted by molar-refractivity contribution is 0.0943. The Kier molecular flexibility index (Phi) is 2.71.